The molecule has 5 nitrogen and oxygen atoms in total. The molecule has 1 N–H and O–H groups in total. The van der Waals surface area contributed by atoms with Crippen molar-refractivity contribution >= 4 is 33.4 Å². The van der Waals surface area contributed by atoms with Gasteiger partial charge in [0, 0.05) is 29.2 Å². The molecule has 0 unspecified atom stereocenters. The molecular weight excluding hydrogens is 324 g/mol. The van der Waals surface area contributed by atoms with Crippen molar-refractivity contribution in [2.75, 3.05) is 20.6 Å². The van der Waals surface area contributed by atoms with Gasteiger partial charge in [0.15, 0.2) is 0 Å². The quantitative estimate of drug-likeness (QED) is 0.787. The molecule has 0 saturated carbocycles. The first-order chi connectivity index (χ1) is 11.2. The maximum absolute atomic E-state index is 13.1. The first-order valence-electron chi connectivity index (χ1n) is 8.01. The summed E-state index contributed by atoms with van der Waals surface area (Å²) in [5.41, 5.74) is 2.30. The highest BCUT2D eigenvalue weighted by Crippen LogP contribution is 2.28. The second kappa shape index (κ2) is 5.90. The van der Waals surface area contributed by atoms with Gasteiger partial charge in [0.1, 0.15) is 5.52 Å². The van der Waals surface area contributed by atoms with E-state index in [-0.39, 0.29) is 11.0 Å². The number of aryl methyl sites for hydroxylation is 1. The third kappa shape index (κ3) is 2.94. The van der Waals surface area contributed by atoms with Gasteiger partial charge in [0.05, 0.1) is 10.9 Å². The Morgan fingerprint density at radius 3 is 2.71 bits per heavy atom. The molecule has 3 rings (SSSR count). The van der Waals surface area contributed by atoms with Crippen molar-refractivity contribution in [3.05, 3.63) is 39.3 Å². The fourth-order valence-corrected chi connectivity index (χ4v) is 3.73. The van der Waals surface area contributed by atoms with E-state index in [2.05, 4.69) is 28.9 Å². The molecule has 0 aliphatic carbocycles. The van der Waals surface area contributed by atoms with E-state index in [1.54, 1.807) is 0 Å². The summed E-state index contributed by atoms with van der Waals surface area (Å²) in [4.78, 5) is 15.3. The van der Waals surface area contributed by atoms with E-state index in [1.807, 2.05) is 43.8 Å². The molecule has 3 aromatic rings. The van der Waals surface area contributed by atoms with Gasteiger partial charge in [-0.25, -0.2) is 0 Å². The van der Waals surface area contributed by atoms with Crippen LogP contribution in [0.15, 0.2) is 23.0 Å². The van der Waals surface area contributed by atoms with Crippen LogP contribution >= 0.6 is 11.6 Å². The minimum atomic E-state index is -0.0504. The number of benzene rings is 1. The van der Waals surface area contributed by atoms with Crippen molar-refractivity contribution in [1.82, 2.24) is 19.7 Å². The highest BCUT2D eigenvalue weighted by atomic mass is 35.5. The monoisotopic (exact) mass is 346 g/mol. The summed E-state index contributed by atoms with van der Waals surface area (Å²) in [6.45, 7) is 7.74. The van der Waals surface area contributed by atoms with Crippen LogP contribution in [-0.2, 0) is 6.54 Å². The van der Waals surface area contributed by atoms with Gasteiger partial charge >= 0.3 is 0 Å². The summed E-state index contributed by atoms with van der Waals surface area (Å²) >= 11 is 6.19. The minimum absolute atomic E-state index is 0.00194. The van der Waals surface area contributed by atoms with E-state index in [1.165, 1.54) is 0 Å². The smallest absolute Gasteiger partial charge is 0.262 e. The molecule has 0 amide bonds. The Morgan fingerprint density at radius 1 is 1.33 bits per heavy atom. The Labute approximate surface area is 146 Å². The van der Waals surface area contributed by atoms with Gasteiger partial charge in [-0.05, 0) is 44.6 Å². The van der Waals surface area contributed by atoms with Crippen LogP contribution in [0.2, 0.25) is 5.02 Å². The second-order valence-electron chi connectivity index (χ2n) is 7.53. The van der Waals surface area contributed by atoms with Crippen LogP contribution in [0.1, 0.15) is 19.5 Å². The number of rotatable bonds is 4. The Bertz CT molecular complexity index is 968. The Balaban J connectivity index is 2.31. The van der Waals surface area contributed by atoms with E-state index in [0.717, 1.165) is 23.1 Å². The molecule has 128 valence electrons. The molecule has 0 bridgehead atoms. The van der Waals surface area contributed by atoms with Crippen LogP contribution < -0.4 is 5.56 Å². The van der Waals surface area contributed by atoms with Gasteiger partial charge in [0.25, 0.3) is 5.56 Å². The number of hydrogen-bond donors (Lipinski definition) is 1. The predicted octanol–water partition coefficient (Wildman–Crippen LogP) is 3.43. The summed E-state index contributed by atoms with van der Waals surface area (Å²) in [7, 11) is 4.09. The zero-order valence-electron chi connectivity index (χ0n) is 14.8. The maximum atomic E-state index is 13.1. The predicted molar refractivity (Wildman–Crippen MR) is 99.9 cm³/mol. The highest BCUT2D eigenvalue weighted by Gasteiger charge is 2.23. The summed E-state index contributed by atoms with van der Waals surface area (Å²) in [6, 6.07) is 5.62. The number of hydrogen-bond acceptors (Lipinski definition) is 3. The number of H-pyrrole nitrogens is 1. The Hall–Kier alpha value is -1.85. The molecule has 0 atom stereocenters. The molecule has 0 radical (unpaired) electrons. The molecule has 6 heteroatoms. The van der Waals surface area contributed by atoms with Gasteiger partial charge in [0.2, 0.25) is 0 Å². The lowest BCUT2D eigenvalue weighted by molar-refractivity contribution is 0.212. The van der Waals surface area contributed by atoms with Gasteiger partial charge in [-0.1, -0.05) is 25.4 Å². The van der Waals surface area contributed by atoms with Gasteiger partial charge in [-0.3, -0.25) is 9.89 Å². The van der Waals surface area contributed by atoms with Crippen molar-refractivity contribution < 1.29 is 0 Å². The summed E-state index contributed by atoms with van der Waals surface area (Å²) < 4.78 is 1.86. The number of nitrogens with zero attached hydrogens (tertiary/aromatic N) is 3. The largest absolute Gasteiger partial charge is 0.309 e. The Kier molecular flexibility index (Phi) is 4.18. The average Bonchev–Trinajstić information content (AvgIpc) is 2.84. The highest BCUT2D eigenvalue weighted by molar-refractivity contribution is 6.31. The maximum Gasteiger partial charge on any atom is 0.262 e. The van der Waals surface area contributed by atoms with Crippen molar-refractivity contribution in [3.8, 4) is 0 Å². The zero-order chi connectivity index (χ0) is 17.6. The molecule has 24 heavy (non-hydrogen) atoms. The topological polar surface area (TPSA) is 53.9 Å². The second-order valence-corrected chi connectivity index (χ2v) is 7.96. The Morgan fingerprint density at radius 2 is 2.04 bits per heavy atom. The fraction of sp³-hybridized carbons (Fsp3) is 0.444. The van der Waals surface area contributed by atoms with Crippen molar-refractivity contribution in [2.24, 2.45) is 5.41 Å². The lowest BCUT2D eigenvalue weighted by atomic mass is 9.92. The number of nitrogens with one attached hydrogen (secondary N) is 1. The van der Waals surface area contributed by atoms with Crippen molar-refractivity contribution in [3.63, 3.8) is 0 Å². The molecule has 0 saturated heterocycles. The zero-order valence-corrected chi connectivity index (χ0v) is 15.5. The van der Waals surface area contributed by atoms with E-state index >= 15 is 0 Å². The fourth-order valence-electron chi connectivity index (χ4n) is 3.55. The van der Waals surface area contributed by atoms with Gasteiger partial charge in [-0.2, -0.15) is 5.10 Å². The summed E-state index contributed by atoms with van der Waals surface area (Å²) in [6.07, 6.45) is 0. The third-order valence-electron chi connectivity index (χ3n) is 4.24. The summed E-state index contributed by atoms with van der Waals surface area (Å²) in [5, 5.41) is 9.46. The third-order valence-corrected chi connectivity index (χ3v) is 4.48. The van der Waals surface area contributed by atoms with E-state index in [9.17, 15) is 4.79 Å². The molecule has 2 heterocycles. The minimum Gasteiger partial charge on any atom is -0.309 e. The number of aromatic amines is 1. The first kappa shape index (κ1) is 17.0. The number of pyridine rings is 1. The lowest BCUT2D eigenvalue weighted by Gasteiger charge is -2.29. The van der Waals surface area contributed by atoms with Gasteiger partial charge in [-0.15, -0.1) is 0 Å². The number of aromatic nitrogens is 3. The van der Waals surface area contributed by atoms with Crippen LogP contribution in [0.25, 0.3) is 21.8 Å². The van der Waals surface area contributed by atoms with Crippen LogP contribution in [0.5, 0.6) is 0 Å². The van der Waals surface area contributed by atoms with Crippen molar-refractivity contribution in [2.45, 2.75) is 27.3 Å². The van der Waals surface area contributed by atoms with Gasteiger partial charge < -0.3 is 9.47 Å². The van der Waals surface area contributed by atoms with Crippen LogP contribution in [0, 0.1) is 12.3 Å². The van der Waals surface area contributed by atoms with Crippen molar-refractivity contribution in [1.29, 1.82) is 0 Å². The molecule has 0 aliphatic heterocycles. The van der Waals surface area contributed by atoms with E-state index < -0.39 is 0 Å². The first-order valence-corrected chi connectivity index (χ1v) is 8.39. The van der Waals surface area contributed by atoms with E-state index in [0.29, 0.717) is 22.5 Å². The summed E-state index contributed by atoms with van der Waals surface area (Å²) in [5.74, 6) is 0. The molecular formula is C18H23ClN4O. The molecule has 0 spiro atoms. The number of halogens is 1. The normalized spacial score (nSPS) is 12.6. The number of fused-ring (bicyclic) bond motifs is 3. The lowest BCUT2D eigenvalue weighted by Crippen LogP contribution is -2.36. The average molecular weight is 347 g/mol. The van der Waals surface area contributed by atoms with Crippen LogP contribution in [0.4, 0.5) is 0 Å². The molecule has 2 aromatic heterocycles. The molecule has 0 aliphatic rings. The molecule has 0 fully saturated rings. The van der Waals surface area contributed by atoms with Crippen LogP contribution in [0.3, 0.4) is 0 Å². The standard InChI is InChI=1S/C18H23ClN4O/c1-11-15-16(21-20-11)13-8-12(19)6-7-14(13)23(17(15)24)10-18(2,3)9-22(4)5/h6-8H,9-10H2,1-5H3,(H,20,21). The molecule has 1 aromatic carbocycles. The SMILES string of the molecule is Cc1[nH]nc2c1c(=O)n(CC(C)(C)CN(C)C)c1ccc(Cl)cc21. The van der Waals surface area contributed by atoms with Crippen LogP contribution in [-0.4, -0.2) is 40.3 Å². The van der Waals surface area contributed by atoms with E-state index in [4.69, 9.17) is 11.6 Å².